The Hall–Kier alpha value is -2.49. The first-order chi connectivity index (χ1) is 9.90. The molecule has 0 heterocycles. The molecule has 1 aromatic rings. The van der Waals surface area contributed by atoms with E-state index in [1.54, 1.807) is 6.92 Å². The van der Waals surface area contributed by atoms with Crippen molar-refractivity contribution in [1.29, 1.82) is 5.26 Å². The minimum absolute atomic E-state index is 0.00590. The van der Waals surface area contributed by atoms with Crippen LogP contribution in [0.5, 0.6) is 0 Å². The number of methoxy groups -OCH3 is 1. The number of ether oxygens (including phenoxy) is 1. The number of benzene rings is 1. The minimum atomic E-state index is -1.09. The number of nitrogens with zero attached hydrogens (tertiary/aromatic N) is 1. The highest BCUT2D eigenvalue weighted by atomic mass is 19.1. The van der Waals surface area contributed by atoms with Crippen LogP contribution in [0.3, 0.4) is 0 Å². The summed E-state index contributed by atoms with van der Waals surface area (Å²) in [5.41, 5.74) is -0.394. The molecule has 1 aromatic carbocycles. The van der Waals surface area contributed by atoms with E-state index in [0.717, 1.165) is 19.2 Å². The maximum atomic E-state index is 13.5. The Morgan fingerprint density at radius 3 is 2.62 bits per heavy atom. The van der Waals surface area contributed by atoms with Crippen molar-refractivity contribution in [3.63, 3.8) is 0 Å². The van der Waals surface area contributed by atoms with Gasteiger partial charge in [0.05, 0.1) is 18.7 Å². The molecule has 0 aliphatic carbocycles. The number of nitrogens with one attached hydrogen (secondary N) is 1. The number of amides is 1. The van der Waals surface area contributed by atoms with E-state index in [1.165, 1.54) is 0 Å². The lowest BCUT2D eigenvalue weighted by atomic mass is 9.98. The van der Waals surface area contributed by atoms with Gasteiger partial charge in [-0.05, 0) is 12.1 Å². The molecule has 0 unspecified atom stereocenters. The highest BCUT2D eigenvalue weighted by Crippen LogP contribution is 2.13. The Morgan fingerprint density at radius 2 is 2.10 bits per heavy atom. The summed E-state index contributed by atoms with van der Waals surface area (Å²) in [6.07, 6.45) is 0.00590. The monoisotopic (exact) mass is 296 g/mol. The van der Waals surface area contributed by atoms with Crippen molar-refractivity contribution in [3.05, 3.63) is 35.4 Å². The summed E-state index contributed by atoms with van der Waals surface area (Å²) in [7, 11) is 1.14. The third-order valence-corrected chi connectivity index (χ3v) is 2.90. The molecule has 0 radical (unpaired) electrons. The van der Waals surface area contributed by atoms with Crippen molar-refractivity contribution >= 4 is 11.9 Å². The van der Waals surface area contributed by atoms with E-state index < -0.39 is 41.0 Å². The third kappa shape index (κ3) is 4.24. The van der Waals surface area contributed by atoms with Crippen LogP contribution in [0.1, 0.15) is 23.7 Å². The molecule has 0 saturated heterocycles. The molecule has 0 aromatic heterocycles. The van der Waals surface area contributed by atoms with Gasteiger partial charge in [-0.3, -0.25) is 4.79 Å². The summed E-state index contributed by atoms with van der Waals surface area (Å²) in [5, 5.41) is 11.0. The van der Waals surface area contributed by atoms with Crippen LogP contribution in [0.25, 0.3) is 0 Å². The highest BCUT2D eigenvalue weighted by molar-refractivity contribution is 5.97. The van der Waals surface area contributed by atoms with E-state index in [1.807, 2.05) is 6.07 Å². The fraction of sp³-hybridized carbons (Fsp3) is 0.357. The molecule has 0 saturated carbocycles. The predicted octanol–water partition coefficient (Wildman–Crippen LogP) is 1.79. The Balaban J connectivity index is 2.95. The maximum absolute atomic E-state index is 13.5. The standard InChI is InChI=1S/C14H14F2N2O3/c1-8(5-6-17)12(14(20)21-2)18-13(19)10-4-3-9(15)7-11(10)16/h3-4,7-8,12H,5H2,1-2H3,(H,18,19)/t8-,12+/m1/s1. The lowest BCUT2D eigenvalue weighted by Crippen LogP contribution is -2.46. The van der Waals surface area contributed by atoms with E-state index >= 15 is 0 Å². The smallest absolute Gasteiger partial charge is 0.328 e. The molecule has 0 aliphatic rings. The maximum Gasteiger partial charge on any atom is 0.328 e. The number of esters is 1. The van der Waals surface area contributed by atoms with Crippen molar-refractivity contribution in [2.45, 2.75) is 19.4 Å². The van der Waals surface area contributed by atoms with E-state index in [9.17, 15) is 18.4 Å². The average molecular weight is 296 g/mol. The lowest BCUT2D eigenvalue weighted by molar-refractivity contribution is -0.144. The summed E-state index contributed by atoms with van der Waals surface area (Å²) < 4.78 is 30.9. The van der Waals surface area contributed by atoms with Crippen LogP contribution in [-0.4, -0.2) is 25.0 Å². The third-order valence-electron chi connectivity index (χ3n) is 2.90. The van der Waals surface area contributed by atoms with Gasteiger partial charge in [-0.2, -0.15) is 5.26 Å². The molecule has 112 valence electrons. The van der Waals surface area contributed by atoms with Gasteiger partial charge in [0, 0.05) is 18.4 Å². The average Bonchev–Trinajstić information content (AvgIpc) is 2.43. The van der Waals surface area contributed by atoms with Crippen molar-refractivity contribution in [3.8, 4) is 6.07 Å². The number of halogens is 2. The van der Waals surface area contributed by atoms with Crippen LogP contribution < -0.4 is 5.32 Å². The Morgan fingerprint density at radius 1 is 1.43 bits per heavy atom. The molecule has 0 fully saturated rings. The molecular formula is C14H14F2N2O3. The van der Waals surface area contributed by atoms with Gasteiger partial charge in [-0.25, -0.2) is 13.6 Å². The second-order valence-electron chi connectivity index (χ2n) is 4.44. The number of rotatable bonds is 5. The highest BCUT2D eigenvalue weighted by Gasteiger charge is 2.28. The van der Waals surface area contributed by atoms with E-state index in [4.69, 9.17) is 5.26 Å². The van der Waals surface area contributed by atoms with Crippen molar-refractivity contribution in [1.82, 2.24) is 5.32 Å². The molecule has 21 heavy (non-hydrogen) atoms. The van der Waals surface area contributed by atoms with Gasteiger partial charge in [-0.1, -0.05) is 6.92 Å². The number of carbonyl (C=O) groups is 2. The minimum Gasteiger partial charge on any atom is -0.467 e. The fourth-order valence-corrected chi connectivity index (χ4v) is 1.71. The number of carbonyl (C=O) groups excluding carboxylic acids is 2. The van der Waals surface area contributed by atoms with Crippen molar-refractivity contribution in [2.24, 2.45) is 5.92 Å². The summed E-state index contributed by atoms with van der Waals surface area (Å²) in [4.78, 5) is 23.6. The predicted molar refractivity (Wildman–Crippen MR) is 69.0 cm³/mol. The quantitative estimate of drug-likeness (QED) is 0.840. The van der Waals surface area contributed by atoms with Crippen LogP contribution in [0, 0.1) is 28.9 Å². The molecule has 1 amide bonds. The van der Waals surface area contributed by atoms with E-state index in [2.05, 4.69) is 10.1 Å². The Bertz CT molecular complexity index is 584. The van der Waals surface area contributed by atoms with Gasteiger partial charge in [0.25, 0.3) is 5.91 Å². The first-order valence-electron chi connectivity index (χ1n) is 6.11. The fourth-order valence-electron chi connectivity index (χ4n) is 1.71. The molecule has 2 atom stereocenters. The largest absolute Gasteiger partial charge is 0.467 e. The summed E-state index contributed by atoms with van der Waals surface area (Å²) >= 11 is 0. The molecule has 1 N–H and O–H groups in total. The topological polar surface area (TPSA) is 79.2 Å². The van der Waals surface area contributed by atoms with Crippen LogP contribution in [0.2, 0.25) is 0 Å². The summed E-state index contributed by atoms with van der Waals surface area (Å²) in [5.74, 6) is -3.99. The number of hydrogen-bond acceptors (Lipinski definition) is 4. The molecule has 1 rings (SSSR count). The van der Waals surface area contributed by atoms with Crippen LogP contribution >= 0.6 is 0 Å². The van der Waals surface area contributed by atoms with Crippen LogP contribution in [0.15, 0.2) is 18.2 Å². The zero-order valence-electron chi connectivity index (χ0n) is 11.5. The second kappa shape index (κ2) is 7.33. The number of hydrogen-bond donors (Lipinski definition) is 1. The zero-order chi connectivity index (χ0) is 16.0. The lowest BCUT2D eigenvalue weighted by Gasteiger charge is -2.21. The molecule has 0 spiro atoms. The molecular weight excluding hydrogens is 282 g/mol. The number of nitriles is 1. The first kappa shape index (κ1) is 16.6. The first-order valence-corrected chi connectivity index (χ1v) is 6.11. The van der Waals surface area contributed by atoms with Crippen LogP contribution in [-0.2, 0) is 9.53 Å². The zero-order valence-corrected chi connectivity index (χ0v) is 11.5. The van der Waals surface area contributed by atoms with Gasteiger partial charge in [0.1, 0.15) is 17.7 Å². The van der Waals surface area contributed by atoms with E-state index in [0.29, 0.717) is 6.07 Å². The molecule has 0 bridgehead atoms. The Labute approximate surface area is 120 Å². The summed E-state index contributed by atoms with van der Waals surface area (Å²) in [6.45, 7) is 1.58. The second-order valence-corrected chi connectivity index (χ2v) is 4.44. The molecule has 7 heteroatoms. The van der Waals surface area contributed by atoms with Gasteiger partial charge < -0.3 is 10.1 Å². The van der Waals surface area contributed by atoms with Gasteiger partial charge in [0.2, 0.25) is 0 Å². The van der Waals surface area contributed by atoms with Gasteiger partial charge in [0.15, 0.2) is 0 Å². The van der Waals surface area contributed by atoms with Crippen molar-refractivity contribution in [2.75, 3.05) is 7.11 Å². The Kier molecular flexibility index (Phi) is 5.79. The molecule has 5 nitrogen and oxygen atoms in total. The van der Waals surface area contributed by atoms with Crippen molar-refractivity contribution < 1.29 is 23.1 Å². The molecule has 0 aliphatic heterocycles. The summed E-state index contributed by atoms with van der Waals surface area (Å²) in [6, 6.07) is 3.26. The normalized spacial score (nSPS) is 12.9. The van der Waals surface area contributed by atoms with Gasteiger partial charge >= 0.3 is 5.97 Å². The van der Waals surface area contributed by atoms with Crippen LogP contribution in [0.4, 0.5) is 8.78 Å². The van der Waals surface area contributed by atoms with E-state index in [-0.39, 0.29) is 6.42 Å². The SMILES string of the molecule is COC(=O)[C@@H](NC(=O)c1ccc(F)cc1F)[C@H](C)CC#N. The van der Waals surface area contributed by atoms with Gasteiger partial charge in [-0.15, -0.1) is 0 Å².